The molecule has 2 aliphatic heterocycles. The van der Waals surface area contributed by atoms with Gasteiger partial charge in [-0.2, -0.15) is 19.7 Å². The Hall–Kier alpha value is -3.78. The average molecular weight is 570 g/mol. The average Bonchev–Trinajstić information content (AvgIpc) is 3.32. The smallest absolute Gasteiger partial charge is 0.416 e. The van der Waals surface area contributed by atoms with Crippen molar-refractivity contribution < 1.29 is 22.6 Å². The van der Waals surface area contributed by atoms with E-state index >= 15 is 0 Å². The predicted molar refractivity (Wildman–Crippen MR) is 148 cm³/mol. The number of hydrogen-bond donors (Lipinski definition) is 0. The van der Waals surface area contributed by atoms with Gasteiger partial charge in [0.1, 0.15) is 16.6 Å². The fourth-order valence-electron chi connectivity index (χ4n) is 4.88. The Kier molecular flexibility index (Phi) is 8.45. The Morgan fingerprint density at radius 2 is 1.65 bits per heavy atom. The lowest BCUT2D eigenvalue weighted by Crippen LogP contribution is -2.43. The van der Waals surface area contributed by atoms with Gasteiger partial charge in [0, 0.05) is 43.4 Å². The lowest BCUT2D eigenvalue weighted by atomic mass is 10.0. The van der Waals surface area contributed by atoms with Crippen LogP contribution in [0.3, 0.4) is 0 Å². The van der Waals surface area contributed by atoms with E-state index in [-0.39, 0.29) is 0 Å². The van der Waals surface area contributed by atoms with Crippen molar-refractivity contribution in [2.45, 2.75) is 12.2 Å². The van der Waals surface area contributed by atoms with Gasteiger partial charge < -0.3 is 14.4 Å². The van der Waals surface area contributed by atoms with Gasteiger partial charge in [0.15, 0.2) is 0 Å². The molecule has 208 valence electrons. The summed E-state index contributed by atoms with van der Waals surface area (Å²) in [5.41, 5.74) is 0.456. The molecular weight excluding hydrogens is 543 g/mol. The zero-order valence-electron chi connectivity index (χ0n) is 21.5. The maximum atomic E-state index is 13.6. The third kappa shape index (κ3) is 6.50. The number of guanidine groups is 1. The predicted octanol–water partition coefficient (Wildman–Crippen LogP) is 6.54. The number of alkyl halides is 3. The minimum Gasteiger partial charge on any atom is -0.457 e. The monoisotopic (exact) mass is 569 g/mol. The first-order valence-electron chi connectivity index (χ1n) is 12.8. The molecule has 1 unspecified atom stereocenters. The molecule has 0 aromatic heterocycles. The quantitative estimate of drug-likeness (QED) is 0.239. The third-order valence-corrected chi connectivity index (χ3v) is 7.15. The Morgan fingerprint density at radius 1 is 0.975 bits per heavy atom. The van der Waals surface area contributed by atoms with Gasteiger partial charge in [-0.3, -0.25) is 9.80 Å². The zero-order valence-corrected chi connectivity index (χ0v) is 22.3. The first-order chi connectivity index (χ1) is 19.3. The summed E-state index contributed by atoms with van der Waals surface area (Å²) in [7, 11) is 0. The van der Waals surface area contributed by atoms with Gasteiger partial charge >= 0.3 is 6.18 Å². The third-order valence-electron chi connectivity index (χ3n) is 6.90. The Balaban J connectivity index is 1.46. The second-order valence-electron chi connectivity index (χ2n) is 9.46. The van der Waals surface area contributed by atoms with E-state index in [2.05, 4.69) is 15.0 Å². The van der Waals surface area contributed by atoms with Gasteiger partial charge in [-0.05, 0) is 66.2 Å². The Bertz CT molecular complexity index is 1370. The number of rotatable bonds is 7. The van der Waals surface area contributed by atoms with Crippen LogP contribution in [0.1, 0.15) is 17.2 Å². The molecule has 3 aromatic carbocycles. The molecule has 11 heteroatoms. The maximum absolute atomic E-state index is 13.6. The van der Waals surface area contributed by atoms with Crippen LogP contribution in [0, 0.1) is 6.57 Å². The summed E-state index contributed by atoms with van der Waals surface area (Å²) < 4.78 is 52.1. The van der Waals surface area contributed by atoms with Crippen molar-refractivity contribution >= 4 is 23.2 Å². The van der Waals surface area contributed by atoms with Crippen molar-refractivity contribution in [2.24, 2.45) is 5.10 Å². The molecule has 2 fully saturated rings. The van der Waals surface area contributed by atoms with E-state index in [1.54, 1.807) is 42.5 Å². The zero-order chi connectivity index (χ0) is 28.1. The molecule has 0 N–H and O–H groups in total. The van der Waals surface area contributed by atoms with Crippen molar-refractivity contribution in [3.63, 3.8) is 0 Å². The van der Waals surface area contributed by atoms with E-state index in [1.165, 1.54) is 12.1 Å². The molecule has 0 bridgehead atoms. The minimum atomic E-state index is -4.47. The van der Waals surface area contributed by atoms with Crippen molar-refractivity contribution in [3.05, 3.63) is 100 Å². The standard InChI is InChI=1S/C29H27ClF3N5O2/c1-34-35-28-37(14-13-36-15-17-39-18-16-36)20-27(21-3-2-4-22(19-21)29(31,32)33)38(28)24-7-11-26(12-8-24)40-25-9-5-23(30)6-10-25/h2-12,19,27H,13-18,20H2/b35-28-. The first-order valence-corrected chi connectivity index (χ1v) is 13.2. The molecule has 0 amide bonds. The second-order valence-corrected chi connectivity index (χ2v) is 9.90. The normalized spacial score (nSPS) is 19.2. The largest absolute Gasteiger partial charge is 0.457 e. The molecule has 0 aliphatic carbocycles. The van der Waals surface area contributed by atoms with E-state index in [0.717, 1.165) is 25.7 Å². The van der Waals surface area contributed by atoms with Gasteiger partial charge in [0.2, 0.25) is 0 Å². The molecular formula is C29H27ClF3N5O2. The molecule has 0 saturated carbocycles. The van der Waals surface area contributed by atoms with Crippen LogP contribution in [0.4, 0.5) is 18.9 Å². The topological polar surface area (TPSA) is 44.9 Å². The number of ether oxygens (including phenoxy) is 2. The Labute approximate surface area is 235 Å². The summed E-state index contributed by atoms with van der Waals surface area (Å²) in [6.45, 7) is 12.1. The van der Waals surface area contributed by atoms with Crippen molar-refractivity contribution in [1.29, 1.82) is 0 Å². The first kappa shape index (κ1) is 27.8. The highest BCUT2D eigenvalue weighted by atomic mass is 35.5. The summed E-state index contributed by atoms with van der Waals surface area (Å²) in [4.78, 5) is 9.38. The molecule has 40 heavy (non-hydrogen) atoms. The van der Waals surface area contributed by atoms with Crippen LogP contribution in [0.15, 0.2) is 77.9 Å². The SMILES string of the molecule is [C-]#[N+]/N=C1/N(CCN2CCOCC2)CC(c2cccc(C(F)(F)F)c2)N1c1ccc(Oc2ccc(Cl)cc2)cc1. The number of halogens is 4. The fourth-order valence-corrected chi connectivity index (χ4v) is 5.01. The molecule has 2 saturated heterocycles. The summed E-state index contributed by atoms with van der Waals surface area (Å²) in [6.07, 6.45) is -4.47. The van der Waals surface area contributed by atoms with Gasteiger partial charge in [-0.15, -0.1) is 4.95 Å². The molecule has 0 radical (unpaired) electrons. The van der Waals surface area contributed by atoms with Crippen molar-refractivity contribution in [2.75, 3.05) is 50.8 Å². The molecule has 1 atom stereocenters. The number of anilines is 1. The molecule has 2 aliphatic rings. The van der Waals surface area contributed by atoms with Crippen LogP contribution in [-0.2, 0) is 10.9 Å². The summed E-state index contributed by atoms with van der Waals surface area (Å²) in [5, 5.41) is 4.72. The minimum absolute atomic E-state index is 0.378. The van der Waals surface area contributed by atoms with Gasteiger partial charge in [-0.1, -0.05) is 23.7 Å². The maximum Gasteiger partial charge on any atom is 0.416 e. The molecule has 2 heterocycles. The van der Waals surface area contributed by atoms with Crippen LogP contribution >= 0.6 is 11.6 Å². The number of morpholine rings is 1. The number of nitrogens with zero attached hydrogens (tertiary/aromatic N) is 5. The van der Waals surface area contributed by atoms with Crippen LogP contribution in [0.25, 0.3) is 4.95 Å². The summed E-state index contributed by atoms with van der Waals surface area (Å²) >= 11 is 5.96. The molecule has 5 rings (SSSR count). The van der Waals surface area contributed by atoms with Crippen LogP contribution < -0.4 is 9.64 Å². The van der Waals surface area contributed by atoms with Crippen LogP contribution in [-0.4, -0.2) is 61.7 Å². The van der Waals surface area contributed by atoms with Crippen LogP contribution in [0.5, 0.6) is 11.5 Å². The fraction of sp³-hybridized carbons (Fsp3) is 0.310. The van der Waals surface area contributed by atoms with E-state index < -0.39 is 17.8 Å². The lowest BCUT2D eigenvalue weighted by Gasteiger charge is -2.28. The number of benzene rings is 3. The summed E-state index contributed by atoms with van der Waals surface area (Å²) in [5.74, 6) is 1.59. The molecule has 0 spiro atoms. The van der Waals surface area contributed by atoms with Crippen molar-refractivity contribution in [1.82, 2.24) is 9.80 Å². The highest BCUT2D eigenvalue weighted by molar-refractivity contribution is 6.30. The molecule has 7 nitrogen and oxygen atoms in total. The lowest BCUT2D eigenvalue weighted by molar-refractivity contribution is -0.137. The van der Waals surface area contributed by atoms with E-state index in [9.17, 15) is 13.2 Å². The Morgan fingerprint density at radius 3 is 2.30 bits per heavy atom. The van der Waals surface area contributed by atoms with Crippen molar-refractivity contribution in [3.8, 4) is 11.5 Å². The highest BCUT2D eigenvalue weighted by Gasteiger charge is 2.40. The highest BCUT2D eigenvalue weighted by Crippen LogP contribution is 2.38. The molecule has 3 aromatic rings. The van der Waals surface area contributed by atoms with Gasteiger partial charge in [0.05, 0.1) is 24.8 Å². The van der Waals surface area contributed by atoms with E-state index in [0.29, 0.717) is 60.0 Å². The van der Waals surface area contributed by atoms with E-state index in [1.807, 2.05) is 21.9 Å². The summed E-state index contributed by atoms with van der Waals surface area (Å²) in [6, 6.07) is 19.0. The van der Waals surface area contributed by atoms with Gasteiger partial charge in [0.25, 0.3) is 5.96 Å². The van der Waals surface area contributed by atoms with E-state index in [4.69, 9.17) is 27.6 Å². The number of hydrogen-bond acceptors (Lipinski definition) is 4. The van der Waals surface area contributed by atoms with Gasteiger partial charge in [-0.25, -0.2) is 0 Å². The second kappa shape index (κ2) is 12.2. The van der Waals surface area contributed by atoms with Crippen LogP contribution in [0.2, 0.25) is 5.02 Å².